The van der Waals surface area contributed by atoms with E-state index in [1.807, 2.05) is 0 Å². The molecule has 0 aliphatic heterocycles. The van der Waals surface area contributed by atoms with Crippen LogP contribution in [0.15, 0.2) is 12.5 Å². The van der Waals surface area contributed by atoms with Gasteiger partial charge in [0.15, 0.2) is 0 Å². The SMILES string of the molecule is C[C@H](N)C(=O)N[C@@H](C)C(=O)N[C@@H](C)C(=O)NCC(=O)N[C@@H](CO)C(=O)N[C@@H](CCCCN)C(=O)N[C@@H](Cc1cnc[nH]1)C(=O)O. The molecule has 0 aliphatic carbocycles. The standard InChI is InChI=1S/C26H44N10O9/c1-13(28)21(39)32-15(3)23(41)33-14(2)22(40)30-10-20(38)34-19(11-37)25(43)35-17(6-4-5-7-27)24(42)36-18(26(44)45)8-16-9-29-12-31-16/h9,12-15,17-19,37H,4-8,10-11,27-28H2,1-3H3,(H,29,31)(H,30,40)(H,32,39)(H,33,41)(H,34,38)(H,35,43)(H,36,42)(H,44,45)/t13-,14-,15-,17-,18-,19-/m0/s1. The lowest BCUT2D eigenvalue weighted by Crippen LogP contribution is -2.58. The number of aromatic nitrogens is 2. The van der Waals surface area contributed by atoms with Crippen LogP contribution in [0.5, 0.6) is 0 Å². The minimum atomic E-state index is -1.52. The molecule has 6 atom stereocenters. The summed E-state index contributed by atoms with van der Waals surface area (Å²) < 4.78 is 0. The zero-order valence-corrected chi connectivity index (χ0v) is 25.4. The van der Waals surface area contributed by atoms with Crippen LogP contribution in [0, 0.1) is 0 Å². The highest BCUT2D eigenvalue weighted by atomic mass is 16.4. The van der Waals surface area contributed by atoms with E-state index in [-0.39, 0.29) is 12.8 Å². The van der Waals surface area contributed by atoms with Gasteiger partial charge in [-0.25, -0.2) is 9.78 Å². The summed E-state index contributed by atoms with van der Waals surface area (Å²) in [6.45, 7) is 2.99. The number of nitrogens with two attached hydrogens (primary N) is 2. The highest BCUT2D eigenvalue weighted by molar-refractivity contribution is 5.95. The minimum absolute atomic E-state index is 0.0878. The lowest BCUT2D eigenvalue weighted by molar-refractivity contribution is -0.142. The van der Waals surface area contributed by atoms with Crippen LogP contribution >= 0.6 is 0 Å². The third kappa shape index (κ3) is 14.1. The second-order valence-electron chi connectivity index (χ2n) is 10.3. The first-order valence-corrected chi connectivity index (χ1v) is 14.2. The maximum Gasteiger partial charge on any atom is 0.326 e. The molecule has 1 aromatic rings. The van der Waals surface area contributed by atoms with Gasteiger partial charge in [0, 0.05) is 18.3 Å². The second-order valence-corrected chi connectivity index (χ2v) is 10.3. The van der Waals surface area contributed by atoms with Crippen LogP contribution in [0.1, 0.15) is 45.7 Å². The summed E-state index contributed by atoms with van der Waals surface area (Å²) in [5.41, 5.74) is 11.4. The topological polar surface area (TPSA) is 313 Å². The number of rotatable bonds is 20. The highest BCUT2D eigenvalue weighted by Gasteiger charge is 2.30. The number of unbranched alkanes of at least 4 members (excludes halogenated alkanes) is 1. The van der Waals surface area contributed by atoms with Gasteiger partial charge in [0.2, 0.25) is 35.4 Å². The lowest BCUT2D eigenvalue weighted by atomic mass is 10.1. The van der Waals surface area contributed by atoms with Crippen molar-refractivity contribution >= 4 is 41.4 Å². The summed E-state index contributed by atoms with van der Waals surface area (Å²) >= 11 is 0. The molecule has 0 aromatic carbocycles. The third-order valence-corrected chi connectivity index (χ3v) is 6.35. The van der Waals surface area contributed by atoms with Gasteiger partial charge < -0.3 is 58.6 Å². The number of carboxylic acids is 1. The van der Waals surface area contributed by atoms with Gasteiger partial charge in [0.1, 0.15) is 30.2 Å². The third-order valence-electron chi connectivity index (χ3n) is 6.35. The van der Waals surface area contributed by atoms with Crippen molar-refractivity contribution in [1.29, 1.82) is 0 Å². The van der Waals surface area contributed by atoms with Crippen LogP contribution in [0.2, 0.25) is 0 Å². The Hall–Kier alpha value is -4.62. The molecule has 0 unspecified atom stereocenters. The van der Waals surface area contributed by atoms with Gasteiger partial charge in [0.05, 0.1) is 25.5 Å². The van der Waals surface area contributed by atoms with Crippen molar-refractivity contribution in [2.75, 3.05) is 19.7 Å². The van der Waals surface area contributed by atoms with Gasteiger partial charge >= 0.3 is 5.97 Å². The van der Waals surface area contributed by atoms with E-state index in [0.29, 0.717) is 25.1 Å². The molecule has 1 heterocycles. The summed E-state index contributed by atoms with van der Waals surface area (Å²) in [6.07, 6.45) is 3.66. The van der Waals surface area contributed by atoms with Gasteiger partial charge in [-0.05, 0) is 46.6 Å². The van der Waals surface area contributed by atoms with E-state index < -0.39 is 90.8 Å². The number of carboxylic acid groups (broad SMARTS) is 1. The molecule has 19 heteroatoms. The van der Waals surface area contributed by atoms with Gasteiger partial charge in [-0.3, -0.25) is 28.8 Å². The zero-order valence-electron chi connectivity index (χ0n) is 25.4. The average molecular weight is 641 g/mol. The van der Waals surface area contributed by atoms with Crippen molar-refractivity contribution < 1.29 is 43.8 Å². The Morgan fingerprint density at radius 1 is 0.822 bits per heavy atom. The van der Waals surface area contributed by atoms with Crippen LogP contribution in [-0.4, -0.2) is 118 Å². The monoisotopic (exact) mass is 640 g/mol. The van der Waals surface area contributed by atoms with E-state index in [9.17, 15) is 43.8 Å². The lowest BCUT2D eigenvalue weighted by Gasteiger charge is -2.24. The van der Waals surface area contributed by atoms with Crippen molar-refractivity contribution in [3.05, 3.63) is 18.2 Å². The number of carbonyl (C=O) groups excluding carboxylic acids is 6. The maximum absolute atomic E-state index is 13.0. The number of imidazole rings is 1. The van der Waals surface area contributed by atoms with Gasteiger partial charge in [-0.15, -0.1) is 0 Å². The maximum atomic E-state index is 13.0. The van der Waals surface area contributed by atoms with Crippen molar-refractivity contribution in [1.82, 2.24) is 41.9 Å². The Balaban J connectivity index is 2.73. The number of aromatic amines is 1. The molecule has 45 heavy (non-hydrogen) atoms. The zero-order chi connectivity index (χ0) is 34.1. The average Bonchev–Trinajstić information content (AvgIpc) is 3.50. The number of hydrogen-bond donors (Lipinski definition) is 11. The number of nitrogens with zero attached hydrogens (tertiary/aromatic N) is 1. The summed E-state index contributed by atoms with van der Waals surface area (Å²) in [5.74, 6) is -5.92. The molecule has 0 aliphatic rings. The van der Waals surface area contributed by atoms with Crippen LogP contribution < -0.4 is 43.4 Å². The Bertz CT molecular complexity index is 1160. The molecule has 252 valence electrons. The van der Waals surface area contributed by atoms with Crippen molar-refractivity contribution in [3.63, 3.8) is 0 Å². The van der Waals surface area contributed by atoms with Crippen molar-refractivity contribution in [2.24, 2.45) is 11.5 Å². The minimum Gasteiger partial charge on any atom is -0.480 e. The van der Waals surface area contributed by atoms with Crippen LogP contribution in [-0.2, 0) is 40.0 Å². The fourth-order valence-electron chi connectivity index (χ4n) is 3.70. The van der Waals surface area contributed by atoms with Gasteiger partial charge in [-0.1, -0.05) is 0 Å². The van der Waals surface area contributed by atoms with Crippen LogP contribution in [0.3, 0.4) is 0 Å². The molecule has 0 radical (unpaired) electrons. The predicted molar refractivity (Wildman–Crippen MR) is 158 cm³/mol. The predicted octanol–water partition coefficient (Wildman–Crippen LogP) is -4.91. The smallest absolute Gasteiger partial charge is 0.326 e. The number of carbonyl (C=O) groups is 7. The van der Waals surface area contributed by atoms with E-state index in [2.05, 4.69) is 41.9 Å². The fourth-order valence-corrected chi connectivity index (χ4v) is 3.70. The number of H-pyrrole nitrogens is 1. The first kappa shape index (κ1) is 38.4. The molecule has 1 rings (SSSR count). The second kappa shape index (κ2) is 19.6. The number of amides is 6. The van der Waals surface area contributed by atoms with Gasteiger partial charge in [0.25, 0.3) is 0 Å². The van der Waals surface area contributed by atoms with Crippen molar-refractivity contribution in [3.8, 4) is 0 Å². The van der Waals surface area contributed by atoms with E-state index in [1.54, 1.807) is 0 Å². The molecule has 1 aromatic heterocycles. The Morgan fingerprint density at radius 2 is 1.42 bits per heavy atom. The Morgan fingerprint density at radius 3 is 1.98 bits per heavy atom. The van der Waals surface area contributed by atoms with Gasteiger partial charge in [-0.2, -0.15) is 0 Å². The molecule has 0 spiro atoms. The van der Waals surface area contributed by atoms with Crippen LogP contribution in [0.4, 0.5) is 0 Å². The van der Waals surface area contributed by atoms with Crippen LogP contribution in [0.25, 0.3) is 0 Å². The Labute approximate surface area is 259 Å². The fraction of sp³-hybridized carbons (Fsp3) is 0.615. The summed E-state index contributed by atoms with van der Waals surface area (Å²) in [6, 6.07) is -7.02. The largest absolute Gasteiger partial charge is 0.480 e. The quantitative estimate of drug-likeness (QED) is 0.0598. The number of aliphatic carboxylic acids is 1. The number of hydrogen-bond acceptors (Lipinski definition) is 11. The first-order valence-electron chi connectivity index (χ1n) is 14.2. The van der Waals surface area contributed by atoms with E-state index in [1.165, 1.54) is 33.3 Å². The van der Waals surface area contributed by atoms with E-state index in [0.717, 1.165) is 0 Å². The summed E-state index contributed by atoms with van der Waals surface area (Å²) in [7, 11) is 0. The van der Waals surface area contributed by atoms with E-state index in [4.69, 9.17) is 11.5 Å². The number of nitrogens with one attached hydrogen (secondary N) is 7. The number of aliphatic hydroxyl groups excluding tert-OH is 1. The molecule has 0 saturated heterocycles. The highest BCUT2D eigenvalue weighted by Crippen LogP contribution is 2.05. The molecule has 0 fully saturated rings. The first-order chi connectivity index (χ1) is 21.2. The molecule has 13 N–H and O–H groups in total. The summed E-state index contributed by atoms with van der Waals surface area (Å²) in [5, 5.41) is 33.3. The molecular formula is C26H44N10O9. The molecule has 6 amide bonds. The molecular weight excluding hydrogens is 596 g/mol. The molecule has 19 nitrogen and oxygen atoms in total. The van der Waals surface area contributed by atoms with E-state index >= 15 is 0 Å². The van der Waals surface area contributed by atoms with Crippen molar-refractivity contribution in [2.45, 2.75) is 82.7 Å². The molecule has 0 bridgehead atoms. The summed E-state index contributed by atoms with van der Waals surface area (Å²) in [4.78, 5) is 92.8. The molecule has 0 saturated carbocycles. The Kier molecular flexibility index (Phi) is 16.7. The normalized spacial score (nSPS) is 14.8. The number of aliphatic hydroxyl groups is 1.